The number of rotatable bonds is 6. The van der Waals surface area contributed by atoms with E-state index in [1.54, 1.807) is 30.2 Å². The summed E-state index contributed by atoms with van der Waals surface area (Å²) >= 11 is 0. The van der Waals surface area contributed by atoms with Crippen molar-refractivity contribution in [3.05, 3.63) is 52.0 Å². The van der Waals surface area contributed by atoms with Crippen LogP contribution in [0.5, 0.6) is 0 Å². The summed E-state index contributed by atoms with van der Waals surface area (Å²) in [6.45, 7) is 9.48. The minimum Gasteiger partial charge on any atom is -0.346 e. The van der Waals surface area contributed by atoms with Crippen molar-refractivity contribution in [1.29, 1.82) is 0 Å². The van der Waals surface area contributed by atoms with Crippen LogP contribution in [-0.2, 0) is 20.1 Å². The van der Waals surface area contributed by atoms with Crippen LogP contribution < -0.4 is 10.9 Å². The summed E-state index contributed by atoms with van der Waals surface area (Å²) in [6.07, 6.45) is 3.50. The zero-order valence-corrected chi connectivity index (χ0v) is 15.0. The second-order valence-corrected chi connectivity index (χ2v) is 6.80. The minimum atomic E-state index is -0.358. The monoisotopic (exact) mass is 330 g/mol. The Labute approximate surface area is 142 Å². The number of pyridine rings is 1. The third kappa shape index (κ3) is 3.93. The van der Waals surface area contributed by atoms with Gasteiger partial charge in [-0.2, -0.15) is 0 Å². The van der Waals surface area contributed by atoms with Crippen LogP contribution >= 0.6 is 0 Å². The average Bonchev–Trinajstić information content (AvgIpc) is 2.93. The number of carbonyl (C=O) groups is 1. The highest BCUT2D eigenvalue weighted by Gasteiger charge is 2.15. The summed E-state index contributed by atoms with van der Waals surface area (Å²) in [5, 5.41) is 2.82. The number of hydrogen-bond acceptors (Lipinski definition) is 3. The van der Waals surface area contributed by atoms with Gasteiger partial charge in [0.05, 0.1) is 18.6 Å². The number of imidazole rings is 1. The maximum Gasteiger partial charge on any atom is 0.263 e. The Morgan fingerprint density at radius 3 is 2.58 bits per heavy atom. The molecule has 0 saturated carbocycles. The highest BCUT2D eigenvalue weighted by atomic mass is 16.2. The van der Waals surface area contributed by atoms with E-state index in [0.29, 0.717) is 12.5 Å². The van der Waals surface area contributed by atoms with Crippen LogP contribution in [0.1, 0.15) is 55.4 Å². The molecule has 0 radical (unpaired) electrons. The third-order valence-electron chi connectivity index (χ3n) is 3.97. The van der Waals surface area contributed by atoms with Gasteiger partial charge in [-0.15, -0.1) is 0 Å². The lowest BCUT2D eigenvalue weighted by molar-refractivity contribution is 0.0948. The molecular formula is C18H26N4O2. The largest absolute Gasteiger partial charge is 0.346 e. The number of aromatic nitrogens is 3. The average molecular weight is 330 g/mol. The van der Waals surface area contributed by atoms with Crippen LogP contribution in [0.25, 0.3) is 0 Å². The van der Waals surface area contributed by atoms with Gasteiger partial charge in [0.15, 0.2) is 0 Å². The van der Waals surface area contributed by atoms with Crippen molar-refractivity contribution in [2.75, 3.05) is 0 Å². The lowest BCUT2D eigenvalue weighted by atomic mass is 10.1. The molecule has 2 rings (SSSR count). The van der Waals surface area contributed by atoms with Gasteiger partial charge < -0.3 is 14.5 Å². The molecule has 24 heavy (non-hydrogen) atoms. The molecule has 1 amide bonds. The van der Waals surface area contributed by atoms with Crippen LogP contribution in [0.4, 0.5) is 0 Å². The van der Waals surface area contributed by atoms with Crippen molar-refractivity contribution < 1.29 is 4.79 Å². The fourth-order valence-corrected chi connectivity index (χ4v) is 2.72. The number of nitrogens with one attached hydrogen (secondary N) is 1. The molecule has 1 N–H and O–H groups in total. The molecule has 0 fully saturated rings. The van der Waals surface area contributed by atoms with Gasteiger partial charge in [0, 0.05) is 25.5 Å². The van der Waals surface area contributed by atoms with Gasteiger partial charge in [-0.3, -0.25) is 9.59 Å². The predicted molar refractivity (Wildman–Crippen MR) is 94.0 cm³/mol. The van der Waals surface area contributed by atoms with E-state index in [-0.39, 0.29) is 22.9 Å². The second-order valence-electron chi connectivity index (χ2n) is 6.80. The molecule has 0 aliphatic carbocycles. The van der Waals surface area contributed by atoms with Crippen molar-refractivity contribution in [2.45, 2.75) is 46.7 Å². The van der Waals surface area contributed by atoms with Crippen LogP contribution in [-0.4, -0.2) is 20.0 Å². The molecule has 0 aliphatic heterocycles. The molecule has 0 atom stereocenters. The highest BCUT2D eigenvalue weighted by Crippen LogP contribution is 2.12. The third-order valence-corrected chi connectivity index (χ3v) is 3.97. The van der Waals surface area contributed by atoms with Crippen molar-refractivity contribution in [3.8, 4) is 0 Å². The van der Waals surface area contributed by atoms with Gasteiger partial charge in [-0.05, 0) is 24.0 Å². The molecule has 0 aliphatic rings. The van der Waals surface area contributed by atoms with Crippen molar-refractivity contribution in [1.82, 2.24) is 19.4 Å². The first kappa shape index (κ1) is 18.0. The van der Waals surface area contributed by atoms with Gasteiger partial charge >= 0.3 is 0 Å². The molecule has 130 valence electrons. The zero-order valence-electron chi connectivity index (χ0n) is 15.0. The van der Waals surface area contributed by atoms with Crippen LogP contribution in [0.3, 0.4) is 0 Å². The van der Waals surface area contributed by atoms with E-state index in [0.717, 1.165) is 17.9 Å². The molecule has 2 aromatic heterocycles. The summed E-state index contributed by atoms with van der Waals surface area (Å²) < 4.78 is 3.56. The van der Waals surface area contributed by atoms with Crippen LogP contribution in [0, 0.1) is 5.92 Å². The standard InChI is InChI=1S/C18H26N4O2/c1-12(2)10-22-11-19-8-14(22)9-20-17(23)15-6-7-16(13(3)4)21(5)18(15)24/h6-8,11-13H,9-10H2,1-5H3,(H,20,23). The molecule has 6 nitrogen and oxygen atoms in total. The number of amides is 1. The van der Waals surface area contributed by atoms with E-state index in [2.05, 4.69) is 24.1 Å². The Morgan fingerprint density at radius 2 is 1.96 bits per heavy atom. The summed E-state index contributed by atoms with van der Waals surface area (Å²) in [5.41, 5.74) is 1.73. The number of hydrogen-bond donors (Lipinski definition) is 1. The van der Waals surface area contributed by atoms with E-state index < -0.39 is 0 Å². The van der Waals surface area contributed by atoms with E-state index >= 15 is 0 Å². The molecule has 2 heterocycles. The van der Waals surface area contributed by atoms with Crippen LogP contribution in [0.2, 0.25) is 0 Å². The molecule has 6 heteroatoms. The Balaban J connectivity index is 2.13. The van der Waals surface area contributed by atoms with Crippen LogP contribution in [0.15, 0.2) is 29.5 Å². The van der Waals surface area contributed by atoms with E-state index in [1.807, 2.05) is 24.5 Å². The summed E-state index contributed by atoms with van der Waals surface area (Å²) in [7, 11) is 1.70. The normalized spacial score (nSPS) is 11.3. The number of carbonyl (C=O) groups excluding carboxylic acids is 1. The molecule has 0 unspecified atom stereocenters. The van der Waals surface area contributed by atoms with Gasteiger partial charge in [0.1, 0.15) is 5.56 Å². The van der Waals surface area contributed by atoms with Gasteiger partial charge in [-0.1, -0.05) is 27.7 Å². The van der Waals surface area contributed by atoms with Crippen molar-refractivity contribution in [2.24, 2.45) is 13.0 Å². The Bertz CT molecular complexity index is 772. The zero-order chi connectivity index (χ0) is 17.9. The molecule has 0 aromatic carbocycles. The summed E-state index contributed by atoms with van der Waals surface area (Å²) in [4.78, 5) is 28.9. The maximum atomic E-state index is 12.4. The summed E-state index contributed by atoms with van der Waals surface area (Å²) in [6, 6.07) is 3.45. The first-order valence-electron chi connectivity index (χ1n) is 8.28. The lowest BCUT2D eigenvalue weighted by Crippen LogP contribution is -2.33. The van der Waals surface area contributed by atoms with Gasteiger partial charge in [0.25, 0.3) is 11.5 Å². The Kier molecular flexibility index (Phi) is 5.59. The predicted octanol–water partition coefficient (Wildman–Crippen LogP) is 2.29. The van der Waals surface area contributed by atoms with E-state index in [1.165, 1.54) is 0 Å². The molecule has 0 saturated heterocycles. The van der Waals surface area contributed by atoms with E-state index in [9.17, 15) is 9.59 Å². The van der Waals surface area contributed by atoms with Crippen molar-refractivity contribution in [3.63, 3.8) is 0 Å². The van der Waals surface area contributed by atoms with Gasteiger partial charge in [-0.25, -0.2) is 4.98 Å². The quantitative estimate of drug-likeness (QED) is 0.883. The Morgan fingerprint density at radius 1 is 1.25 bits per heavy atom. The molecule has 0 bridgehead atoms. The first-order chi connectivity index (χ1) is 11.3. The molecule has 2 aromatic rings. The number of nitrogens with zero attached hydrogens (tertiary/aromatic N) is 3. The molecular weight excluding hydrogens is 304 g/mol. The SMILES string of the molecule is CC(C)Cn1cncc1CNC(=O)c1ccc(C(C)C)n(C)c1=O. The highest BCUT2D eigenvalue weighted by molar-refractivity contribution is 5.93. The fourth-order valence-electron chi connectivity index (χ4n) is 2.72. The Hall–Kier alpha value is -2.37. The minimum absolute atomic E-state index is 0.164. The smallest absolute Gasteiger partial charge is 0.263 e. The lowest BCUT2D eigenvalue weighted by Gasteiger charge is -2.14. The van der Waals surface area contributed by atoms with E-state index in [4.69, 9.17) is 0 Å². The van der Waals surface area contributed by atoms with Gasteiger partial charge in [0.2, 0.25) is 0 Å². The summed E-state index contributed by atoms with van der Waals surface area (Å²) in [5.74, 6) is 0.359. The first-order valence-corrected chi connectivity index (χ1v) is 8.28. The molecule has 0 spiro atoms. The fraction of sp³-hybridized carbons (Fsp3) is 0.500. The van der Waals surface area contributed by atoms with Crippen molar-refractivity contribution >= 4 is 5.91 Å². The second kappa shape index (κ2) is 7.47. The maximum absolute atomic E-state index is 12.4. The topological polar surface area (TPSA) is 68.9 Å².